The lowest BCUT2D eigenvalue weighted by molar-refractivity contribution is 0.0992. The molecule has 0 amide bonds. The van der Waals surface area contributed by atoms with Crippen molar-refractivity contribution in [1.82, 2.24) is 0 Å². The SMILES string of the molecule is C=C(CC)CC(=O)c1ccc(I)cc1. The molecule has 1 aromatic carbocycles. The van der Waals surface area contributed by atoms with Gasteiger partial charge >= 0.3 is 0 Å². The van der Waals surface area contributed by atoms with E-state index in [1.165, 1.54) is 0 Å². The van der Waals surface area contributed by atoms with Crippen molar-refractivity contribution in [3.8, 4) is 0 Å². The van der Waals surface area contributed by atoms with E-state index in [4.69, 9.17) is 0 Å². The fourth-order valence-corrected chi connectivity index (χ4v) is 1.45. The van der Waals surface area contributed by atoms with Gasteiger partial charge in [0.15, 0.2) is 5.78 Å². The summed E-state index contributed by atoms with van der Waals surface area (Å²) in [5.41, 5.74) is 1.77. The maximum Gasteiger partial charge on any atom is 0.166 e. The average molecular weight is 300 g/mol. The van der Waals surface area contributed by atoms with Crippen LogP contribution in [0, 0.1) is 3.57 Å². The van der Waals surface area contributed by atoms with Crippen LogP contribution in [0.2, 0.25) is 0 Å². The number of rotatable bonds is 4. The zero-order valence-electron chi connectivity index (χ0n) is 8.22. The number of benzene rings is 1. The Labute approximate surface area is 98.4 Å². The molecule has 0 radical (unpaired) electrons. The lowest BCUT2D eigenvalue weighted by Crippen LogP contribution is -1.99. The number of hydrogen-bond acceptors (Lipinski definition) is 1. The van der Waals surface area contributed by atoms with Gasteiger partial charge < -0.3 is 0 Å². The molecule has 0 saturated carbocycles. The Hall–Kier alpha value is -0.640. The predicted molar refractivity (Wildman–Crippen MR) is 67.5 cm³/mol. The number of allylic oxidation sites excluding steroid dienone is 1. The molecule has 1 nitrogen and oxygen atoms in total. The highest BCUT2D eigenvalue weighted by molar-refractivity contribution is 14.1. The van der Waals surface area contributed by atoms with Crippen LogP contribution < -0.4 is 0 Å². The van der Waals surface area contributed by atoms with Crippen LogP contribution in [0.15, 0.2) is 36.4 Å². The van der Waals surface area contributed by atoms with Crippen molar-refractivity contribution in [3.05, 3.63) is 45.6 Å². The Morgan fingerprint density at radius 3 is 2.43 bits per heavy atom. The van der Waals surface area contributed by atoms with Crippen molar-refractivity contribution >= 4 is 28.4 Å². The van der Waals surface area contributed by atoms with Crippen molar-refractivity contribution in [2.75, 3.05) is 0 Å². The number of carbonyl (C=O) groups excluding carboxylic acids is 1. The highest BCUT2D eigenvalue weighted by Crippen LogP contribution is 2.12. The molecular formula is C12H13IO. The van der Waals surface area contributed by atoms with Gasteiger partial charge in [-0.05, 0) is 41.1 Å². The third-order valence-corrected chi connectivity index (χ3v) is 2.80. The zero-order valence-corrected chi connectivity index (χ0v) is 10.4. The molecule has 0 unspecified atom stereocenters. The van der Waals surface area contributed by atoms with Crippen LogP contribution in [-0.4, -0.2) is 5.78 Å². The maximum absolute atomic E-state index is 11.7. The fraction of sp³-hybridized carbons (Fsp3) is 0.250. The fourth-order valence-electron chi connectivity index (χ4n) is 1.09. The molecule has 0 saturated heterocycles. The second-order valence-electron chi connectivity index (χ2n) is 3.21. The normalized spacial score (nSPS) is 9.86. The van der Waals surface area contributed by atoms with Gasteiger partial charge in [-0.1, -0.05) is 31.2 Å². The maximum atomic E-state index is 11.7. The number of carbonyl (C=O) groups is 1. The van der Waals surface area contributed by atoms with E-state index in [0.29, 0.717) is 6.42 Å². The molecule has 0 bridgehead atoms. The molecule has 0 aliphatic carbocycles. The van der Waals surface area contributed by atoms with Gasteiger partial charge in [-0.3, -0.25) is 4.79 Å². The summed E-state index contributed by atoms with van der Waals surface area (Å²) in [7, 11) is 0. The van der Waals surface area contributed by atoms with Gasteiger partial charge in [-0.25, -0.2) is 0 Å². The number of Topliss-reactive ketones (excluding diaryl/α,β-unsaturated/α-hetero) is 1. The first-order chi connectivity index (χ1) is 6.63. The smallest absolute Gasteiger partial charge is 0.166 e. The van der Waals surface area contributed by atoms with Crippen LogP contribution in [0.4, 0.5) is 0 Å². The van der Waals surface area contributed by atoms with E-state index < -0.39 is 0 Å². The van der Waals surface area contributed by atoms with Gasteiger partial charge in [0.2, 0.25) is 0 Å². The summed E-state index contributed by atoms with van der Waals surface area (Å²) in [5, 5.41) is 0. The van der Waals surface area contributed by atoms with E-state index in [9.17, 15) is 4.79 Å². The summed E-state index contributed by atoms with van der Waals surface area (Å²) in [4.78, 5) is 11.7. The molecule has 0 spiro atoms. The number of ketones is 1. The Morgan fingerprint density at radius 1 is 1.36 bits per heavy atom. The predicted octanol–water partition coefficient (Wildman–Crippen LogP) is 3.83. The minimum atomic E-state index is 0.160. The number of halogens is 1. The topological polar surface area (TPSA) is 17.1 Å². The molecule has 2 heteroatoms. The lowest BCUT2D eigenvalue weighted by atomic mass is 10.0. The van der Waals surface area contributed by atoms with Crippen molar-refractivity contribution in [2.24, 2.45) is 0 Å². The van der Waals surface area contributed by atoms with Gasteiger partial charge in [-0.2, -0.15) is 0 Å². The van der Waals surface area contributed by atoms with Crippen molar-refractivity contribution in [1.29, 1.82) is 0 Å². The van der Waals surface area contributed by atoms with Crippen LogP contribution >= 0.6 is 22.6 Å². The van der Waals surface area contributed by atoms with E-state index in [1.54, 1.807) is 0 Å². The molecule has 1 aromatic rings. The first-order valence-corrected chi connectivity index (χ1v) is 5.66. The molecule has 0 fully saturated rings. The third kappa shape index (κ3) is 3.25. The van der Waals surface area contributed by atoms with Crippen LogP contribution in [-0.2, 0) is 0 Å². The molecule has 0 atom stereocenters. The molecule has 1 rings (SSSR count). The molecular weight excluding hydrogens is 287 g/mol. The Bertz CT molecular complexity index is 338. The summed E-state index contributed by atoms with van der Waals surface area (Å²) in [6.45, 7) is 5.85. The highest BCUT2D eigenvalue weighted by atomic mass is 127. The van der Waals surface area contributed by atoms with E-state index in [0.717, 1.165) is 21.1 Å². The monoisotopic (exact) mass is 300 g/mol. The molecule has 14 heavy (non-hydrogen) atoms. The Balaban J connectivity index is 2.70. The van der Waals surface area contributed by atoms with Crippen LogP contribution in [0.5, 0.6) is 0 Å². The largest absolute Gasteiger partial charge is 0.294 e. The summed E-state index contributed by atoms with van der Waals surface area (Å²) in [6, 6.07) is 7.63. The summed E-state index contributed by atoms with van der Waals surface area (Å²) in [6.07, 6.45) is 1.34. The Kier molecular flexibility index (Phi) is 4.32. The molecule has 0 N–H and O–H groups in total. The van der Waals surface area contributed by atoms with Crippen molar-refractivity contribution < 1.29 is 4.79 Å². The summed E-state index contributed by atoms with van der Waals surface area (Å²) in [5.74, 6) is 0.160. The lowest BCUT2D eigenvalue weighted by Gasteiger charge is -2.02. The van der Waals surface area contributed by atoms with Gasteiger partial charge in [-0.15, -0.1) is 0 Å². The van der Waals surface area contributed by atoms with Gasteiger partial charge in [0.1, 0.15) is 0 Å². The second kappa shape index (κ2) is 5.29. The highest BCUT2D eigenvalue weighted by Gasteiger charge is 2.06. The van der Waals surface area contributed by atoms with E-state index in [-0.39, 0.29) is 5.78 Å². The van der Waals surface area contributed by atoms with Gasteiger partial charge in [0, 0.05) is 15.6 Å². The van der Waals surface area contributed by atoms with Gasteiger partial charge in [0.05, 0.1) is 0 Å². The van der Waals surface area contributed by atoms with E-state index >= 15 is 0 Å². The van der Waals surface area contributed by atoms with Crippen molar-refractivity contribution in [3.63, 3.8) is 0 Å². The van der Waals surface area contributed by atoms with Crippen LogP contribution in [0.25, 0.3) is 0 Å². The Morgan fingerprint density at radius 2 is 1.93 bits per heavy atom. The van der Waals surface area contributed by atoms with Crippen LogP contribution in [0.1, 0.15) is 30.1 Å². The molecule has 0 aromatic heterocycles. The van der Waals surface area contributed by atoms with Gasteiger partial charge in [0.25, 0.3) is 0 Å². The molecule has 0 aliphatic heterocycles. The molecule has 0 aliphatic rings. The zero-order chi connectivity index (χ0) is 10.6. The summed E-state index contributed by atoms with van der Waals surface area (Å²) >= 11 is 2.22. The van der Waals surface area contributed by atoms with Crippen molar-refractivity contribution in [2.45, 2.75) is 19.8 Å². The minimum Gasteiger partial charge on any atom is -0.294 e. The van der Waals surface area contributed by atoms with E-state index in [1.807, 2.05) is 31.2 Å². The first kappa shape index (κ1) is 11.4. The minimum absolute atomic E-state index is 0.160. The summed E-state index contributed by atoms with van der Waals surface area (Å²) < 4.78 is 1.15. The van der Waals surface area contributed by atoms with Crippen LogP contribution in [0.3, 0.4) is 0 Å². The van der Waals surface area contributed by atoms with E-state index in [2.05, 4.69) is 29.2 Å². The quantitative estimate of drug-likeness (QED) is 0.469. The second-order valence-corrected chi connectivity index (χ2v) is 4.46. The molecule has 0 heterocycles. The number of hydrogen-bond donors (Lipinski definition) is 0. The standard InChI is InChI=1S/C12H13IO/c1-3-9(2)8-12(14)10-4-6-11(13)7-5-10/h4-7H,2-3,8H2,1H3. The third-order valence-electron chi connectivity index (χ3n) is 2.08. The average Bonchev–Trinajstić information content (AvgIpc) is 2.18. The molecule has 74 valence electrons. The first-order valence-electron chi connectivity index (χ1n) is 4.59.